The molecule has 1 N–H and O–H groups in total. The van der Waals surface area contributed by atoms with Crippen LogP contribution in [-0.2, 0) is 0 Å². The summed E-state index contributed by atoms with van der Waals surface area (Å²) in [6.07, 6.45) is 1.93. The van der Waals surface area contributed by atoms with Crippen molar-refractivity contribution in [2.24, 2.45) is 0 Å². The second kappa shape index (κ2) is 4.82. The number of rotatable bonds is 2. The third-order valence-electron chi connectivity index (χ3n) is 2.88. The highest BCUT2D eigenvalue weighted by Gasteiger charge is 2.07. The fraction of sp³-hybridized carbons (Fsp3) is 0.0667. The molecule has 94 valence electrons. The first kappa shape index (κ1) is 10.7. The Morgan fingerprint density at radius 1 is 1.37 bits per heavy atom. The highest BCUT2D eigenvalue weighted by Crippen LogP contribution is 2.33. The lowest BCUT2D eigenvalue weighted by Crippen LogP contribution is -2.17. The molecule has 3 rings (SSSR count). The van der Waals surface area contributed by atoms with E-state index in [0.29, 0.717) is 5.56 Å². The van der Waals surface area contributed by atoms with Gasteiger partial charge in [-0.1, -0.05) is 12.1 Å². The topological polar surface area (TPSA) is 42.0 Å². The normalized spacial score (nSPS) is 11.3. The van der Waals surface area contributed by atoms with E-state index in [1.54, 1.807) is 30.6 Å². The van der Waals surface area contributed by atoms with Crippen molar-refractivity contribution < 1.29 is 6.17 Å². The summed E-state index contributed by atoms with van der Waals surface area (Å²) in [5, 5.41) is 3.47. The lowest BCUT2D eigenvalue weighted by molar-refractivity contribution is 0.0963. The summed E-state index contributed by atoms with van der Waals surface area (Å²) >= 11 is 1.60. The molecule has 0 saturated heterocycles. The average Bonchev–Trinajstić information content (AvgIpc) is 2.92. The van der Waals surface area contributed by atoms with Gasteiger partial charge in [0.05, 0.1) is 1.37 Å². The van der Waals surface area contributed by atoms with E-state index in [2.05, 4.69) is 10.3 Å². The molecule has 3 nitrogen and oxygen atoms in total. The van der Waals surface area contributed by atoms with E-state index in [4.69, 9.17) is 1.37 Å². The van der Waals surface area contributed by atoms with E-state index >= 15 is 0 Å². The molecule has 0 radical (unpaired) electrons. The molecule has 1 amide bonds. The quantitative estimate of drug-likeness (QED) is 0.775. The Morgan fingerprint density at radius 2 is 2.26 bits per heavy atom. The number of carbonyl (C=O) groups is 1. The number of fused-ring (bicyclic) bond motifs is 1. The van der Waals surface area contributed by atoms with Gasteiger partial charge in [0, 0.05) is 39.9 Å². The number of aromatic nitrogens is 1. The molecule has 0 atom stereocenters. The van der Waals surface area contributed by atoms with E-state index in [-0.39, 0.29) is 12.1 Å². The standard InChI is InChI=1S/C15H12N2OS/c1-16-15(18)11-4-2-3-10(7-11)14-8-12-9-17-6-5-13(12)19-14/h2-9H,1H3,(H,16,18)/i9D. The largest absolute Gasteiger partial charge is 0.355 e. The number of benzene rings is 1. The second-order valence-electron chi connectivity index (χ2n) is 4.11. The Labute approximate surface area is 116 Å². The SMILES string of the molecule is [2H]c1nccc2sc(-c3cccc(C(=O)NC)c3)cc12. The predicted molar refractivity (Wildman–Crippen MR) is 78.4 cm³/mol. The fourth-order valence-corrected chi connectivity index (χ4v) is 2.93. The molecule has 2 aromatic heterocycles. The third kappa shape index (κ3) is 2.22. The number of pyridine rings is 1. The number of hydrogen-bond donors (Lipinski definition) is 1. The monoisotopic (exact) mass is 269 g/mol. The Bertz CT molecular complexity index is 797. The summed E-state index contributed by atoms with van der Waals surface area (Å²) < 4.78 is 8.84. The van der Waals surface area contributed by atoms with Crippen LogP contribution in [0.15, 0.2) is 48.8 Å². The summed E-state index contributed by atoms with van der Waals surface area (Å²) in [4.78, 5) is 16.7. The molecule has 0 saturated carbocycles. The number of amides is 1. The van der Waals surface area contributed by atoms with E-state index in [9.17, 15) is 4.79 Å². The van der Waals surface area contributed by atoms with Gasteiger partial charge in [0.15, 0.2) is 0 Å². The van der Waals surface area contributed by atoms with Gasteiger partial charge >= 0.3 is 0 Å². The lowest BCUT2D eigenvalue weighted by atomic mass is 10.1. The van der Waals surface area contributed by atoms with Gasteiger partial charge in [0.25, 0.3) is 5.91 Å². The van der Waals surface area contributed by atoms with Crippen molar-refractivity contribution in [3.8, 4) is 10.4 Å². The molecule has 0 fully saturated rings. The van der Waals surface area contributed by atoms with Crippen LogP contribution in [0, 0.1) is 0 Å². The Kier molecular flexibility index (Phi) is 2.71. The fourth-order valence-electron chi connectivity index (χ4n) is 1.93. The minimum absolute atomic E-state index is 0.101. The number of thiophene rings is 1. The number of carbonyl (C=O) groups excluding carboxylic acids is 1. The van der Waals surface area contributed by atoms with Crippen molar-refractivity contribution in [1.82, 2.24) is 10.3 Å². The van der Waals surface area contributed by atoms with Crippen LogP contribution < -0.4 is 5.32 Å². The van der Waals surface area contributed by atoms with Crippen LogP contribution >= 0.6 is 11.3 Å². The Balaban J connectivity index is 2.11. The minimum atomic E-state index is -0.101. The number of hydrogen-bond acceptors (Lipinski definition) is 3. The summed E-state index contributed by atoms with van der Waals surface area (Å²) in [7, 11) is 1.62. The van der Waals surface area contributed by atoms with Crippen LogP contribution in [0.1, 0.15) is 11.7 Å². The van der Waals surface area contributed by atoms with Gasteiger partial charge in [-0.15, -0.1) is 11.3 Å². The van der Waals surface area contributed by atoms with E-state index < -0.39 is 0 Å². The van der Waals surface area contributed by atoms with E-state index in [0.717, 1.165) is 20.5 Å². The van der Waals surface area contributed by atoms with Crippen LogP contribution in [0.3, 0.4) is 0 Å². The van der Waals surface area contributed by atoms with Crippen molar-refractivity contribution in [2.45, 2.75) is 0 Å². The molecule has 0 spiro atoms. The van der Waals surface area contributed by atoms with Gasteiger partial charge in [-0.05, 0) is 29.8 Å². The molecule has 3 aromatic rings. The molecule has 0 aliphatic rings. The molecular weight excluding hydrogens is 256 g/mol. The van der Waals surface area contributed by atoms with Crippen molar-refractivity contribution in [2.75, 3.05) is 7.05 Å². The zero-order valence-electron chi connectivity index (χ0n) is 11.3. The summed E-state index contributed by atoms with van der Waals surface area (Å²) in [6.45, 7) is 0. The molecule has 0 unspecified atom stereocenters. The van der Waals surface area contributed by atoms with Crippen LogP contribution in [0.4, 0.5) is 0 Å². The van der Waals surface area contributed by atoms with Gasteiger partial charge in [0.1, 0.15) is 0 Å². The first-order valence-electron chi connectivity index (χ1n) is 6.36. The molecule has 0 bridgehead atoms. The van der Waals surface area contributed by atoms with Gasteiger partial charge in [-0.2, -0.15) is 0 Å². The van der Waals surface area contributed by atoms with Crippen LogP contribution in [-0.4, -0.2) is 17.9 Å². The molecule has 2 heterocycles. The Morgan fingerprint density at radius 3 is 3.05 bits per heavy atom. The molecule has 1 aromatic carbocycles. The smallest absolute Gasteiger partial charge is 0.251 e. The highest BCUT2D eigenvalue weighted by molar-refractivity contribution is 7.22. The van der Waals surface area contributed by atoms with Crippen LogP contribution in [0.5, 0.6) is 0 Å². The zero-order chi connectivity index (χ0) is 14.1. The van der Waals surface area contributed by atoms with Crippen LogP contribution in [0.2, 0.25) is 0 Å². The van der Waals surface area contributed by atoms with Crippen molar-refractivity contribution in [3.63, 3.8) is 0 Å². The maximum absolute atomic E-state index is 11.7. The Hall–Kier alpha value is -2.20. The van der Waals surface area contributed by atoms with Crippen molar-refractivity contribution in [3.05, 3.63) is 54.3 Å². The maximum Gasteiger partial charge on any atom is 0.251 e. The minimum Gasteiger partial charge on any atom is -0.355 e. The van der Waals surface area contributed by atoms with Crippen molar-refractivity contribution >= 4 is 27.3 Å². The maximum atomic E-state index is 11.7. The zero-order valence-corrected chi connectivity index (χ0v) is 11.1. The average molecular weight is 269 g/mol. The molecular formula is C15H12N2OS. The lowest BCUT2D eigenvalue weighted by Gasteiger charge is -2.02. The molecule has 0 aliphatic heterocycles. The third-order valence-corrected chi connectivity index (χ3v) is 4.03. The second-order valence-corrected chi connectivity index (χ2v) is 5.19. The van der Waals surface area contributed by atoms with E-state index in [1.807, 2.05) is 30.3 Å². The summed E-state index contributed by atoms with van der Waals surface area (Å²) in [5.41, 5.74) is 1.61. The predicted octanol–water partition coefficient (Wildman–Crippen LogP) is 3.32. The highest BCUT2D eigenvalue weighted by atomic mass is 32.1. The molecule has 4 heteroatoms. The van der Waals surface area contributed by atoms with Gasteiger partial charge in [-0.25, -0.2) is 0 Å². The van der Waals surface area contributed by atoms with Gasteiger partial charge < -0.3 is 5.32 Å². The summed E-state index contributed by atoms with van der Waals surface area (Å²) in [6, 6.07) is 11.3. The number of nitrogens with one attached hydrogen (secondary N) is 1. The van der Waals surface area contributed by atoms with Gasteiger partial charge in [0.2, 0.25) is 0 Å². The van der Waals surface area contributed by atoms with Crippen LogP contribution in [0.25, 0.3) is 20.5 Å². The number of nitrogens with zero attached hydrogens (tertiary/aromatic N) is 1. The van der Waals surface area contributed by atoms with Gasteiger partial charge in [-0.3, -0.25) is 9.78 Å². The van der Waals surface area contributed by atoms with Crippen molar-refractivity contribution in [1.29, 1.82) is 0 Å². The first-order valence-corrected chi connectivity index (χ1v) is 6.68. The molecule has 0 aliphatic carbocycles. The first-order chi connectivity index (χ1) is 9.69. The summed E-state index contributed by atoms with van der Waals surface area (Å²) in [5.74, 6) is -0.101. The van der Waals surface area contributed by atoms with E-state index in [1.165, 1.54) is 0 Å². The molecule has 19 heavy (non-hydrogen) atoms.